The van der Waals surface area contributed by atoms with Gasteiger partial charge in [0.1, 0.15) is 5.82 Å². The van der Waals surface area contributed by atoms with E-state index in [4.69, 9.17) is 5.73 Å². The van der Waals surface area contributed by atoms with Gasteiger partial charge in [0.15, 0.2) is 0 Å². The number of carbonyl (C=O) groups is 1. The molecule has 0 aliphatic heterocycles. The molecule has 0 bridgehead atoms. The monoisotopic (exact) mass is 269 g/mol. The molecule has 4 heteroatoms. The summed E-state index contributed by atoms with van der Waals surface area (Å²) in [7, 11) is 0. The van der Waals surface area contributed by atoms with Crippen molar-refractivity contribution in [2.45, 2.75) is 32.2 Å². The number of anilines is 1. The number of carbonyl (C=O) groups excluding carboxylic acids is 1. The van der Waals surface area contributed by atoms with Gasteiger partial charge in [0.25, 0.3) is 5.91 Å². The summed E-state index contributed by atoms with van der Waals surface area (Å²) in [5.74, 6) is 1.19. The molecule has 1 amide bonds. The van der Waals surface area contributed by atoms with Gasteiger partial charge in [0.05, 0.1) is 5.56 Å². The number of benzene rings is 1. The second-order valence-electron chi connectivity index (χ2n) is 5.66. The molecule has 3 rings (SSSR count). The van der Waals surface area contributed by atoms with Crippen LogP contribution in [0.15, 0.2) is 30.5 Å². The van der Waals surface area contributed by atoms with Gasteiger partial charge in [-0.1, -0.05) is 37.1 Å². The summed E-state index contributed by atoms with van der Waals surface area (Å²) < 4.78 is 0. The third-order valence-electron chi connectivity index (χ3n) is 3.83. The second kappa shape index (κ2) is 5.12. The third kappa shape index (κ3) is 2.59. The molecule has 104 valence electrons. The predicted molar refractivity (Wildman–Crippen MR) is 80.4 cm³/mol. The van der Waals surface area contributed by atoms with Crippen LogP contribution in [0.1, 0.15) is 36.5 Å². The lowest BCUT2D eigenvalue weighted by Crippen LogP contribution is -2.33. The number of pyridine rings is 1. The Hall–Kier alpha value is -2.10. The number of rotatable bonds is 4. The van der Waals surface area contributed by atoms with Crippen molar-refractivity contribution in [1.29, 1.82) is 0 Å². The maximum atomic E-state index is 12.4. The molecule has 1 fully saturated rings. The largest absolute Gasteiger partial charge is 0.383 e. The summed E-state index contributed by atoms with van der Waals surface area (Å²) in [6.07, 6.45) is 5.22. The number of nitrogens with one attached hydrogen (secondary N) is 1. The van der Waals surface area contributed by atoms with E-state index in [1.54, 1.807) is 6.20 Å². The Morgan fingerprint density at radius 2 is 2.10 bits per heavy atom. The minimum atomic E-state index is -0.0677. The first-order valence-electron chi connectivity index (χ1n) is 7.09. The summed E-state index contributed by atoms with van der Waals surface area (Å²) in [4.78, 5) is 16.5. The van der Waals surface area contributed by atoms with E-state index in [1.165, 1.54) is 12.8 Å². The number of hydrogen-bond donors (Lipinski definition) is 2. The number of aromatic nitrogens is 1. The van der Waals surface area contributed by atoms with Gasteiger partial charge >= 0.3 is 0 Å². The number of nitrogens with zero attached hydrogens (tertiary/aromatic N) is 1. The Morgan fingerprint density at radius 3 is 2.80 bits per heavy atom. The fourth-order valence-corrected chi connectivity index (χ4v) is 2.61. The molecule has 3 N–H and O–H groups in total. The van der Waals surface area contributed by atoms with Gasteiger partial charge in [-0.05, 0) is 24.6 Å². The number of amides is 1. The SMILES string of the molecule is CC(CC1CC1)NC(=O)c1cnc(N)c2ccccc12. The van der Waals surface area contributed by atoms with E-state index in [9.17, 15) is 4.79 Å². The molecule has 0 radical (unpaired) electrons. The Labute approximate surface area is 118 Å². The lowest BCUT2D eigenvalue weighted by atomic mass is 10.1. The van der Waals surface area contributed by atoms with E-state index in [1.807, 2.05) is 24.3 Å². The van der Waals surface area contributed by atoms with Crippen LogP contribution in [0.5, 0.6) is 0 Å². The Bertz CT molecular complexity index is 649. The van der Waals surface area contributed by atoms with Gasteiger partial charge in [-0.3, -0.25) is 4.79 Å². The topological polar surface area (TPSA) is 68.0 Å². The van der Waals surface area contributed by atoms with Crippen LogP contribution in [-0.2, 0) is 0 Å². The zero-order valence-electron chi connectivity index (χ0n) is 11.6. The smallest absolute Gasteiger partial charge is 0.253 e. The fourth-order valence-electron chi connectivity index (χ4n) is 2.61. The molecule has 0 spiro atoms. The second-order valence-corrected chi connectivity index (χ2v) is 5.66. The molecule has 1 aromatic carbocycles. The zero-order valence-corrected chi connectivity index (χ0v) is 11.6. The van der Waals surface area contributed by atoms with E-state index >= 15 is 0 Å². The molecular weight excluding hydrogens is 250 g/mol. The summed E-state index contributed by atoms with van der Waals surface area (Å²) in [6, 6.07) is 7.81. The standard InChI is InChI=1S/C16H19N3O/c1-10(8-11-6-7-11)19-16(20)14-9-18-15(17)13-5-3-2-4-12(13)14/h2-5,9-11H,6-8H2,1H3,(H2,17,18)(H,19,20). The van der Waals surface area contributed by atoms with Gasteiger partial charge in [-0.15, -0.1) is 0 Å². The zero-order chi connectivity index (χ0) is 14.1. The van der Waals surface area contributed by atoms with Crippen molar-refractivity contribution in [3.63, 3.8) is 0 Å². The number of nitrogens with two attached hydrogens (primary N) is 1. The van der Waals surface area contributed by atoms with Crippen molar-refractivity contribution in [3.05, 3.63) is 36.0 Å². The summed E-state index contributed by atoms with van der Waals surface area (Å²) in [5.41, 5.74) is 6.45. The van der Waals surface area contributed by atoms with Crippen LogP contribution in [0, 0.1) is 5.92 Å². The van der Waals surface area contributed by atoms with Crippen LogP contribution in [0.2, 0.25) is 0 Å². The molecule has 1 heterocycles. The average Bonchev–Trinajstić information content (AvgIpc) is 3.23. The van der Waals surface area contributed by atoms with E-state index in [-0.39, 0.29) is 11.9 Å². The lowest BCUT2D eigenvalue weighted by Gasteiger charge is -2.14. The normalized spacial score (nSPS) is 16.1. The fraction of sp³-hybridized carbons (Fsp3) is 0.375. The molecule has 2 aromatic rings. The molecule has 4 nitrogen and oxygen atoms in total. The molecule has 1 unspecified atom stereocenters. The lowest BCUT2D eigenvalue weighted by molar-refractivity contribution is 0.0939. The van der Waals surface area contributed by atoms with Crippen LogP contribution in [0.25, 0.3) is 10.8 Å². The highest BCUT2D eigenvalue weighted by molar-refractivity contribution is 6.09. The highest BCUT2D eigenvalue weighted by Crippen LogP contribution is 2.33. The van der Waals surface area contributed by atoms with Crippen LogP contribution >= 0.6 is 0 Å². The molecule has 1 aliphatic rings. The van der Waals surface area contributed by atoms with Crippen molar-refractivity contribution in [3.8, 4) is 0 Å². The van der Waals surface area contributed by atoms with E-state index < -0.39 is 0 Å². The van der Waals surface area contributed by atoms with Crippen molar-refractivity contribution in [2.75, 3.05) is 5.73 Å². The van der Waals surface area contributed by atoms with Gasteiger partial charge in [0, 0.05) is 17.6 Å². The molecule has 20 heavy (non-hydrogen) atoms. The van der Waals surface area contributed by atoms with Crippen LogP contribution in [-0.4, -0.2) is 16.9 Å². The summed E-state index contributed by atoms with van der Waals surface area (Å²) in [5, 5.41) is 4.75. The first kappa shape index (κ1) is 12.9. The van der Waals surface area contributed by atoms with E-state index in [0.717, 1.165) is 23.1 Å². The molecular formula is C16H19N3O. The minimum Gasteiger partial charge on any atom is -0.383 e. The van der Waals surface area contributed by atoms with E-state index in [2.05, 4.69) is 17.2 Å². The molecule has 1 atom stereocenters. The van der Waals surface area contributed by atoms with Crippen molar-refractivity contribution in [1.82, 2.24) is 10.3 Å². The maximum Gasteiger partial charge on any atom is 0.253 e. The Balaban J connectivity index is 1.85. The maximum absolute atomic E-state index is 12.4. The number of nitrogen functional groups attached to an aromatic ring is 1. The first-order chi connectivity index (χ1) is 9.65. The van der Waals surface area contributed by atoms with Gasteiger partial charge < -0.3 is 11.1 Å². The molecule has 1 aromatic heterocycles. The molecule has 0 saturated heterocycles. The van der Waals surface area contributed by atoms with Gasteiger partial charge in [-0.25, -0.2) is 4.98 Å². The minimum absolute atomic E-state index is 0.0677. The third-order valence-corrected chi connectivity index (χ3v) is 3.83. The Kier molecular flexibility index (Phi) is 3.30. The highest BCUT2D eigenvalue weighted by atomic mass is 16.1. The number of fused-ring (bicyclic) bond motifs is 1. The van der Waals surface area contributed by atoms with Crippen LogP contribution < -0.4 is 11.1 Å². The quantitative estimate of drug-likeness (QED) is 0.896. The van der Waals surface area contributed by atoms with Gasteiger partial charge in [0.2, 0.25) is 0 Å². The average molecular weight is 269 g/mol. The molecule has 1 saturated carbocycles. The van der Waals surface area contributed by atoms with Gasteiger partial charge in [-0.2, -0.15) is 0 Å². The van der Waals surface area contributed by atoms with Crippen molar-refractivity contribution < 1.29 is 4.79 Å². The van der Waals surface area contributed by atoms with Crippen LogP contribution in [0.4, 0.5) is 5.82 Å². The van der Waals surface area contributed by atoms with Crippen molar-refractivity contribution in [2.24, 2.45) is 5.92 Å². The van der Waals surface area contributed by atoms with E-state index in [0.29, 0.717) is 11.4 Å². The number of hydrogen-bond acceptors (Lipinski definition) is 3. The first-order valence-corrected chi connectivity index (χ1v) is 7.09. The van der Waals surface area contributed by atoms with Crippen LogP contribution in [0.3, 0.4) is 0 Å². The summed E-state index contributed by atoms with van der Waals surface area (Å²) in [6.45, 7) is 2.06. The highest BCUT2D eigenvalue weighted by Gasteiger charge is 2.24. The predicted octanol–water partition coefficient (Wildman–Crippen LogP) is 2.74. The summed E-state index contributed by atoms with van der Waals surface area (Å²) >= 11 is 0. The molecule has 1 aliphatic carbocycles. The van der Waals surface area contributed by atoms with Crippen molar-refractivity contribution >= 4 is 22.5 Å². The Morgan fingerprint density at radius 1 is 1.40 bits per heavy atom.